The number of thiazole rings is 1. The van der Waals surface area contributed by atoms with Crippen molar-refractivity contribution in [2.24, 2.45) is 0 Å². The second-order valence-electron chi connectivity index (χ2n) is 8.41. The van der Waals surface area contributed by atoms with Crippen LogP contribution in [0.2, 0.25) is 0 Å². The zero-order valence-corrected chi connectivity index (χ0v) is 18.6. The number of hydrogen-bond donors (Lipinski definition) is 2. The fourth-order valence-electron chi connectivity index (χ4n) is 3.32. The smallest absolute Gasteiger partial charge is 0.413 e. The van der Waals surface area contributed by atoms with Gasteiger partial charge in [-0.05, 0) is 20.8 Å². The average Bonchev–Trinajstić information content (AvgIpc) is 3.12. The summed E-state index contributed by atoms with van der Waals surface area (Å²) in [5, 5.41) is 5.33. The lowest BCUT2D eigenvalue weighted by molar-refractivity contribution is -0.0580. The van der Waals surface area contributed by atoms with Gasteiger partial charge in [0.15, 0.2) is 16.9 Å². The summed E-state index contributed by atoms with van der Waals surface area (Å²) in [7, 11) is 0. The molecule has 0 aromatic carbocycles. The van der Waals surface area contributed by atoms with Gasteiger partial charge in [0, 0.05) is 25.8 Å². The van der Waals surface area contributed by atoms with E-state index in [0.717, 1.165) is 11.3 Å². The Kier molecular flexibility index (Phi) is 7.15. The topological polar surface area (TPSA) is 96.0 Å². The number of nitrogens with one attached hydrogen (secondary N) is 2. The van der Waals surface area contributed by atoms with Gasteiger partial charge in [-0.25, -0.2) is 23.4 Å². The van der Waals surface area contributed by atoms with Gasteiger partial charge in [-0.1, -0.05) is 11.3 Å². The number of carbonyl (C=O) groups is 1. The number of halogens is 2. The van der Waals surface area contributed by atoms with Crippen molar-refractivity contribution in [2.75, 3.05) is 51.3 Å². The molecule has 2 saturated heterocycles. The number of ether oxygens (including phenoxy) is 2. The first kappa shape index (κ1) is 23.4. The summed E-state index contributed by atoms with van der Waals surface area (Å²) in [5.41, 5.74) is -0.669. The molecule has 1 unspecified atom stereocenters. The third-order valence-electron chi connectivity index (χ3n) is 4.67. The quantitative estimate of drug-likeness (QED) is 0.647. The Morgan fingerprint density at radius 1 is 1.45 bits per heavy atom. The summed E-state index contributed by atoms with van der Waals surface area (Å²) < 4.78 is 39.0. The maximum Gasteiger partial charge on any atom is 0.413 e. The Morgan fingerprint density at radius 2 is 2.16 bits per heavy atom. The Labute approximate surface area is 183 Å². The van der Waals surface area contributed by atoms with Gasteiger partial charge in [-0.2, -0.15) is 0 Å². The molecule has 2 aliphatic rings. The molecule has 1 aromatic rings. The SMILES string of the molecule is CC(C)(C)OC(=O)Nc1ncc(C(CN2CCOCC2)N2CC(F)(F)CNC2=C=O)s1. The first-order valence-corrected chi connectivity index (χ1v) is 10.8. The van der Waals surface area contributed by atoms with E-state index < -0.39 is 36.7 Å². The van der Waals surface area contributed by atoms with E-state index in [2.05, 4.69) is 20.5 Å². The highest BCUT2D eigenvalue weighted by atomic mass is 32.1. The monoisotopic (exact) mass is 459 g/mol. The van der Waals surface area contributed by atoms with Crippen molar-refractivity contribution in [2.45, 2.75) is 38.3 Å². The molecule has 9 nitrogen and oxygen atoms in total. The standard InChI is InChI=1S/C19H27F2N5O4S/c1-18(2,3)30-17(28)24-16-22-8-14(31-16)13(9-25-4-6-29-7-5-25)26-12-19(20,21)11-23-15(26)10-27/h8,13,23H,4-7,9,11-12H2,1-3H3,(H,22,24,28). The first-order chi connectivity index (χ1) is 14.6. The van der Waals surface area contributed by atoms with Gasteiger partial charge in [0.1, 0.15) is 5.60 Å². The molecule has 1 amide bonds. The highest BCUT2D eigenvalue weighted by Gasteiger charge is 2.42. The van der Waals surface area contributed by atoms with Gasteiger partial charge < -0.3 is 19.7 Å². The van der Waals surface area contributed by atoms with E-state index >= 15 is 0 Å². The molecule has 2 fully saturated rings. The third-order valence-corrected chi connectivity index (χ3v) is 5.68. The lowest BCUT2D eigenvalue weighted by atomic mass is 10.1. The molecule has 3 heterocycles. The summed E-state index contributed by atoms with van der Waals surface area (Å²) in [6.45, 7) is 6.78. The Bertz CT molecular complexity index is 832. The van der Waals surface area contributed by atoms with Gasteiger partial charge in [0.2, 0.25) is 0 Å². The number of morpholine rings is 1. The van der Waals surface area contributed by atoms with Crippen LogP contribution in [0.4, 0.5) is 18.7 Å². The largest absolute Gasteiger partial charge is 0.444 e. The Hall–Kier alpha value is -2.27. The van der Waals surface area contributed by atoms with Gasteiger partial charge >= 0.3 is 6.09 Å². The molecule has 3 rings (SSSR count). The lowest BCUT2D eigenvalue weighted by Gasteiger charge is -2.42. The van der Waals surface area contributed by atoms with Crippen LogP contribution in [0.5, 0.6) is 0 Å². The normalized spacial score (nSPS) is 20.5. The first-order valence-electron chi connectivity index (χ1n) is 9.95. The average molecular weight is 460 g/mol. The van der Waals surface area contributed by atoms with Crippen molar-refractivity contribution in [1.82, 2.24) is 20.1 Å². The maximum atomic E-state index is 14.2. The third kappa shape index (κ3) is 6.60. The van der Waals surface area contributed by atoms with Crippen LogP contribution >= 0.6 is 11.3 Å². The number of carbonyl (C=O) groups excluding carboxylic acids is 2. The fourth-order valence-corrected chi connectivity index (χ4v) is 4.23. The van der Waals surface area contributed by atoms with Crippen molar-refractivity contribution in [3.63, 3.8) is 0 Å². The molecule has 0 aliphatic carbocycles. The molecule has 12 heteroatoms. The predicted octanol–water partition coefficient (Wildman–Crippen LogP) is 2.08. The van der Waals surface area contributed by atoms with Gasteiger partial charge in [0.05, 0.1) is 37.2 Å². The number of amides is 1. The number of alkyl halides is 2. The number of anilines is 1. The molecule has 0 radical (unpaired) electrons. The number of hydrogen-bond acceptors (Lipinski definition) is 9. The van der Waals surface area contributed by atoms with E-state index in [0.29, 0.717) is 37.7 Å². The van der Waals surface area contributed by atoms with Gasteiger partial charge in [0.25, 0.3) is 5.92 Å². The minimum Gasteiger partial charge on any atom is -0.444 e. The molecule has 0 saturated carbocycles. The molecule has 1 aromatic heterocycles. The number of rotatable bonds is 5. The van der Waals surface area contributed by atoms with Crippen molar-refractivity contribution in [3.05, 3.63) is 16.9 Å². The van der Waals surface area contributed by atoms with Crippen LogP contribution in [0.3, 0.4) is 0 Å². The van der Waals surface area contributed by atoms with Crippen LogP contribution in [-0.2, 0) is 14.3 Å². The van der Waals surface area contributed by atoms with Crippen LogP contribution in [-0.4, -0.2) is 84.3 Å². The van der Waals surface area contributed by atoms with Gasteiger partial charge in [-0.15, -0.1) is 0 Å². The molecular formula is C19H27F2N5O4S. The summed E-state index contributed by atoms with van der Waals surface area (Å²) in [6.07, 6.45) is 0.871. The van der Waals surface area contributed by atoms with E-state index in [1.165, 1.54) is 11.1 Å². The summed E-state index contributed by atoms with van der Waals surface area (Å²) >= 11 is 1.15. The Balaban J connectivity index is 1.83. The van der Waals surface area contributed by atoms with Crippen LogP contribution in [0.1, 0.15) is 31.7 Å². The van der Waals surface area contributed by atoms with Crippen LogP contribution in [0.25, 0.3) is 0 Å². The fraction of sp³-hybridized carbons (Fsp3) is 0.684. The molecule has 2 aliphatic heterocycles. The molecule has 2 N–H and O–H groups in total. The zero-order valence-electron chi connectivity index (χ0n) is 17.7. The summed E-state index contributed by atoms with van der Waals surface area (Å²) in [6, 6.07) is -0.583. The van der Waals surface area contributed by atoms with E-state index in [1.807, 2.05) is 0 Å². The van der Waals surface area contributed by atoms with Crippen molar-refractivity contribution < 1.29 is 27.8 Å². The van der Waals surface area contributed by atoms with Crippen molar-refractivity contribution >= 4 is 28.5 Å². The van der Waals surface area contributed by atoms with Crippen molar-refractivity contribution in [3.8, 4) is 0 Å². The highest BCUT2D eigenvalue weighted by Crippen LogP contribution is 2.35. The van der Waals surface area contributed by atoms with E-state index in [4.69, 9.17) is 9.47 Å². The minimum absolute atomic E-state index is 0.0146. The predicted molar refractivity (Wildman–Crippen MR) is 111 cm³/mol. The highest BCUT2D eigenvalue weighted by molar-refractivity contribution is 7.15. The Morgan fingerprint density at radius 3 is 2.81 bits per heavy atom. The molecule has 31 heavy (non-hydrogen) atoms. The second-order valence-corrected chi connectivity index (χ2v) is 9.47. The maximum absolute atomic E-state index is 14.2. The second kappa shape index (κ2) is 9.47. The number of nitrogens with zero attached hydrogens (tertiary/aromatic N) is 3. The molecular weight excluding hydrogens is 432 g/mol. The minimum atomic E-state index is -3.01. The van der Waals surface area contributed by atoms with E-state index in [1.54, 1.807) is 26.7 Å². The zero-order chi connectivity index (χ0) is 22.6. The van der Waals surface area contributed by atoms with Crippen molar-refractivity contribution in [1.29, 1.82) is 0 Å². The van der Waals surface area contributed by atoms with E-state index in [9.17, 15) is 18.4 Å². The van der Waals surface area contributed by atoms with E-state index in [-0.39, 0.29) is 11.0 Å². The lowest BCUT2D eigenvalue weighted by Crippen LogP contribution is -2.55. The molecule has 172 valence electrons. The van der Waals surface area contributed by atoms with Gasteiger partial charge in [-0.3, -0.25) is 10.2 Å². The van der Waals surface area contributed by atoms with Crippen LogP contribution < -0.4 is 10.6 Å². The molecule has 0 spiro atoms. The van der Waals surface area contributed by atoms with Crippen LogP contribution in [0.15, 0.2) is 12.0 Å². The molecule has 1 atom stereocenters. The number of aromatic nitrogens is 1. The summed E-state index contributed by atoms with van der Waals surface area (Å²) in [5.74, 6) is -1.28. The van der Waals surface area contributed by atoms with Crippen LogP contribution in [0, 0.1) is 0 Å². The molecule has 0 bridgehead atoms. The summed E-state index contributed by atoms with van der Waals surface area (Å²) in [4.78, 5) is 31.8.